The summed E-state index contributed by atoms with van der Waals surface area (Å²) < 4.78 is 5.76. The second-order valence-electron chi connectivity index (χ2n) is 5.22. The number of nitrogens with zero attached hydrogens (tertiary/aromatic N) is 2. The van der Waals surface area contributed by atoms with E-state index in [0.717, 1.165) is 37.3 Å². The van der Waals surface area contributed by atoms with Gasteiger partial charge in [-0.1, -0.05) is 19.4 Å². The third kappa shape index (κ3) is 10.2. The molecule has 0 saturated carbocycles. The zero-order valence-electron chi connectivity index (χ0n) is 15.0. The molecule has 24 heavy (non-hydrogen) atoms. The first kappa shape index (κ1) is 23.3. The first-order valence-electron chi connectivity index (χ1n) is 8.32. The Morgan fingerprint density at radius 2 is 2.12 bits per heavy atom. The Morgan fingerprint density at radius 3 is 2.83 bits per heavy atom. The van der Waals surface area contributed by atoms with Crippen LogP contribution < -0.4 is 15.4 Å². The molecule has 0 atom stereocenters. The lowest BCUT2D eigenvalue weighted by atomic mass is 10.2. The van der Waals surface area contributed by atoms with Gasteiger partial charge in [0.1, 0.15) is 0 Å². The number of thioether (sulfide) groups is 1. The Labute approximate surface area is 167 Å². The van der Waals surface area contributed by atoms with E-state index >= 15 is 0 Å². The fourth-order valence-electron chi connectivity index (χ4n) is 1.98. The Morgan fingerprint density at radius 1 is 1.29 bits per heavy atom. The van der Waals surface area contributed by atoms with Crippen LogP contribution in [0, 0.1) is 0 Å². The topological polar surface area (TPSA) is 58.5 Å². The van der Waals surface area contributed by atoms with Gasteiger partial charge in [-0.15, -0.1) is 24.0 Å². The van der Waals surface area contributed by atoms with E-state index in [1.807, 2.05) is 23.9 Å². The number of rotatable bonds is 11. The Bertz CT molecular complexity index is 460. The maximum Gasteiger partial charge on any atom is 0.218 e. The zero-order valence-corrected chi connectivity index (χ0v) is 18.2. The Kier molecular flexibility index (Phi) is 15.3. The molecule has 0 aromatic carbocycles. The molecule has 0 radical (unpaired) electrons. The highest BCUT2D eigenvalue weighted by molar-refractivity contribution is 14.0. The number of nitrogens with one attached hydrogen (secondary N) is 2. The summed E-state index contributed by atoms with van der Waals surface area (Å²) in [5, 5.41) is 6.66. The van der Waals surface area contributed by atoms with Crippen LogP contribution in [0.1, 0.15) is 38.2 Å². The number of halogens is 1. The lowest BCUT2D eigenvalue weighted by molar-refractivity contribution is 0.294. The zero-order chi connectivity index (χ0) is 16.8. The smallest absolute Gasteiger partial charge is 0.218 e. The molecule has 0 aliphatic carbocycles. The SMILES string of the molecule is CCCCOc1ncccc1CNC(=NC)NCCCCSC.I. The van der Waals surface area contributed by atoms with Crippen molar-refractivity contribution in [3.05, 3.63) is 23.9 Å². The van der Waals surface area contributed by atoms with Gasteiger partial charge in [0.15, 0.2) is 5.96 Å². The summed E-state index contributed by atoms with van der Waals surface area (Å²) >= 11 is 1.89. The van der Waals surface area contributed by atoms with Gasteiger partial charge in [-0.3, -0.25) is 4.99 Å². The quantitative estimate of drug-likeness (QED) is 0.226. The van der Waals surface area contributed by atoms with Crippen LogP contribution in [0.4, 0.5) is 0 Å². The molecule has 7 heteroatoms. The maximum atomic E-state index is 5.76. The van der Waals surface area contributed by atoms with Gasteiger partial charge in [-0.05, 0) is 37.3 Å². The standard InChI is InChI=1S/C17H30N4OS.HI/c1-4-5-12-22-16-15(9-8-11-19-16)14-21-17(18-2)20-10-6-7-13-23-3;/h8-9,11H,4-7,10,12-14H2,1-3H3,(H2,18,20,21);1H. The van der Waals surface area contributed by atoms with E-state index in [9.17, 15) is 0 Å². The number of unbranched alkanes of at least 4 members (excludes halogenated alkanes) is 2. The minimum absolute atomic E-state index is 0. The highest BCUT2D eigenvalue weighted by atomic mass is 127. The summed E-state index contributed by atoms with van der Waals surface area (Å²) in [5.41, 5.74) is 1.05. The van der Waals surface area contributed by atoms with Crippen molar-refractivity contribution in [3.63, 3.8) is 0 Å². The number of aromatic nitrogens is 1. The highest BCUT2D eigenvalue weighted by Gasteiger charge is 2.05. The van der Waals surface area contributed by atoms with Crippen LogP contribution in [0.25, 0.3) is 0 Å². The van der Waals surface area contributed by atoms with Gasteiger partial charge in [0.2, 0.25) is 5.88 Å². The van der Waals surface area contributed by atoms with Crippen LogP contribution in [0.5, 0.6) is 5.88 Å². The molecule has 1 aromatic rings. The summed E-state index contributed by atoms with van der Waals surface area (Å²) in [6.45, 7) is 4.45. The first-order chi connectivity index (χ1) is 11.3. The lowest BCUT2D eigenvalue weighted by Gasteiger charge is -2.14. The van der Waals surface area contributed by atoms with E-state index in [1.165, 1.54) is 12.2 Å². The van der Waals surface area contributed by atoms with E-state index in [-0.39, 0.29) is 24.0 Å². The van der Waals surface area contributed by atoms with Gasteiger partial charge >= 0.3 is 0 Å². The number of pyridine rings is 1. The summed E-state index contributed by atoms with van der Waals surface area (Å²) in [7, 11) is 1.79. The van der Waals surface area contributed by atoms with Crippen molar-refractivity contribution in [1.82, 2.24) is 15.6 Å². The van der Waals surface area contributed by atoms with Crippen LogP contribution in [0.15, 0.2) is 23.3 Å². The van der Waals surface area contributed by atoms with Crippen LogP contribution in [-0.4, -0.2) is 43.2 Å². The van der Waals surface area contributed by atoms with Crippen molar-refractivity contribution in [1.29, 1.82) is 0 Å². The van der Waals surface area contributed by atoms with Gasteiger partial charge in [0, 0.05) is 31.9 Å². The van der Waals surface area contributed by atoms with E-state index in [2.05, 4.69) is 33.8 Å². The monoisotopic (exact) mass is 466 g/mol. The van der Waals surface area contributed by atoms with Crippen molar-refractivity contribution >= 4 is 41.7 Å². The fourth-order valence-corrected chi connectivity index (χ4v) is 2.47. The van der Waals surface area contributed by atoms with Crippen molar-refractivity contribution in [2.45, 2.75) is 39.2 Å². The molecule has 1 aromatic heterocycles. The molecule has 0 amide bonds. The second-order valence-corrected chi connectivity index (χ2v) is 6.21. The van der Waals surface area contributed by atoms with Crippen LogP contribution >= 0.6 is 35.7 Å². The normalized spacial score (nSPS) is 10.9. The van der Waals surface area contributed by atoms with Gasteiger partial charge in [-0.2, -0.15) is 11.8 Å². The minimum Gasteiger partial charge on any atom is -0.477 e. The number of hydrogen-bond donors (Lipinski definition) is 2. The van der Waals surface area contributed by atoms with E-state index in [1.54, 1.807) is 13.2 Å². The molecule has 1 rings (SSSR count). The largest absolute Gasteiger partial charge is 0.477 e. The minimum atomic E-state index is 0. The summed E-state index contributed by atoms with van der Waals surface area (Å²) in [6.07, 6.45) is 8.45. The maximum absolute atomic E-state index is 5.76. The molecule has 138 valence electrons. The number of ether oxygens (including phenoxy) is 1. The third-order valence-corrected chi connectivity index (χ3v) is 4.02. The van der Waals surface area contributed by atoms with Crippen molar-refractivity contribution < 1.29 is 4.74 Å². The van der Waals surface area contributed by atoms with Crippen LogP contribution in [0.2, 0.25) is 0 Å². The van der Waals surface area contributed by atoms with Gasteiger partial charge in [0.25, 0.3) is 0 Å². The van der Waals surface area contributed by atoms with Crippen molar-refractivity contribution in [3.8, 4) is 5.88 Å². The van der Waals surface area contributed by atoms with Gasteiger partial charge in [-0.25, -0.2) is 4.98 Å². The molecule has 1 heterocycles. The third-order valence-electron chi connectivity index (χ3n) is 3.32. The summed E-state index contributed by atoms with van der Waals surface area (Å²) in [5.74, 6) is 2.74. The Balaban J connectivity index is 0.00000529. The first-order valence-corrected chi connectivity index (χ1v) is 9.71. The van der Waals surface area contributed by atoms with Crippen LogP contribution in [-0.2, 0) is 6.54 Å². The van der Waals surface area contributed by atoms with Gasteiger partial charge < -0.3 is 15.4 Å². The van der Waals surface area contributed by atoms with Crippen molar-refractivity contribution in [2.24, 2.45) is 4.99 Å². The van der Waals surface area contributed by atoms with E-state index < -0.39 is 0 Å². The average molecular weight is 466 g/mol. The molecule has 0 aliphatic rings. The number of guanidine groups is 1. The molecule has 0 fully saturated rings. The average Bonchev–Trinajstić information content (AvgIpc) is 2.58. The number of hydrogen-bond acceptors (Lipinski definition) is 4. The van der Waals surface area contributed by atoms with Gasteiger partial charge in [0.05, 0.1) is 6.61 Å². The number of aliphatic imine (C=N–C) groups is 1. The van der Waals surface area contributed by atoms with Crippen molar-refractivity contribution in [2.75, 3.05) is 32.2 Å². The molecule has 0 saturated heterocycles. The molecule has 5 nitrogen and oxygen atoms in total. The Hall–Kier alpha value is -0.700. The molecule has 0 unspecified atom stereocenters. The van der Waals surface area contributed by atoms with E-state index in [4.69, 9.17) is 4.74 Å². The fraction of sp³-hybridized carbons (Fsp3) is 0.647. The van der Waals surface area contributed by atoms with E-state index in [0.29, 0.717) is 19.0 Å². The predicted octanol–water partition coefficient (Wildman–Crippen LogP) is 3.69. The predicted molar refractivity (Wildman–Crippen MR) is 116 cm³/mol. The highest BCUT2D eigenvalue weighted by Crippen LogP contribution is 2.14. The molecule has 0 spiro atoms. The molecule has 0 bridgehead atoms. The summed E-state index contributed by atoms with van der Waals surface area (Å²) in [4.78, 5) is 8.58. The second kappa shape index (κ2) is 15.8. The lowest BCUT2D eigenvalue weighted by Crippen LogP contribution is -2.37. The summed E-state index contributed by atoms with van der Waals surface area (Å²) in [6, 6.07) is 3.97. The van der Waals surface area contributed by atoms with Crippen LogP contribution in [0.3, 0.4) is 0 Å². The molecule has 2 N–H and O–H groups in total. The molecule has 0 aliphatic heterocycles. The molecular weight excluding hydrogens is 435 g/mol. The molecular formula is C17H31IN4OS.